The number of carbonyl (C=O) groups is 2. The smallest absolute Gasteiger partial charge is 0.238 e. The molecule has 0 aliphatic carbocycles. The molecular formula is C17H14BrN3O2. The van der Waals surface area contributed by atoms with Crippen molar-refractivity contribution in [3.63, 3.8) is 0 Å². The summed E-state index contributed by atoms with van der Waals surface area (Å²) in [6.45, 7) is 0. The first-order chi connectivity index (χ1) is 11.1. The monoisotopic (exact) mass is 371 g/mol. The zero-order valence-corrected chi connectivity index (χ0v) is 13.8. The Hall–Kier alpha value is -2.65. The Morgan fingerprint density at radius 2 is 1.61 bits per heavy atom. The molecule has 0 heterocycles. The summed E-state index contributed by atoms with van der Waals surface area (Å²) in [6.07, 6.45) is 0.0540. The van der Waals surface area contributed by atoms with E-state index >= 15 is 0 Å². The zero-order valence-electron chi connectivity index (χ0n) is 12.2. The predicted octanol–water partition coefficient (Wildman–Crippen LogP) is 3.48. The van der Waals surface area contributed by atoms with Crippen LogP contribution in [-0.2, 0) is 16.0 Å². The quantitative estimate of drug-likeness (QED) is 0.843. The van der Waals surface area contributed by atoms with Crippen LogP contribution in [0.4, 0.5) is 11.4 Å². The average Bonchev–Trinajstić information content (AvgIpc) is 2.50. The summed E-state index contributed by atoms with van der Waals surface area (Å²) in [7, 11) is 0. The molecule has 0 aliphatic heterocycles. The summed E-state index contributed by atoms with van der Waals surface area (Å²) in [6, 6.07) is 16.1. The predicted molar refractivity (Wildman–Crippen MR) is 91.8 cm³/mol. The van der Waals surface area contributed by atoms with E-state index in [1.165, 1.54) is 0 Å². The fourth-order valence-electron chi connectivity index (χ4n) is 1.94. The van der Waals surface area contributed by atoms with E-state index in [0.717, 1.165) is 10.0 Å². The molecule has 0 radical (unpaired) electrons. The molecule has 23 heavy (non-hydrogen) atoms. The molecule has 2 aromatic rings. The van der Waals surface area contributed by atoms with E-state index in [9.17, 15) is 9.59 Å². The third kappa shape index (κ3) is 5.57. The van der Waals surface area contributed by atoms with Gasteiger partial charge < -0.3 is 10.6 Å². The van der Waals surface area contributed by atoms with Gasteiger partial charge in [-0.2, -0.15) is 5.26 Å². The van der Waals surface area contributed by atoms with E-state index in [4.69, 9.17) is 5.26 Å². The van der Waals surface area contributed by atoms with Crippen molar-refractivity contribution in [2.24, 2.45) is 0 Å². The van der Waals surface area contributed by atoms with Crippen LogP contribution in [0.3, 0.4) is 0 Å². The molecule has 2 aromatic carbocycles. The molecular weight excluding hydrogens is 358 g/mol. The van der Waals surface area contributed by atoms with Crippen LogP contribution in [-0.4, -0.2) is 11.8 Å². The first-order valence-electron chi connectivity index (χ1n) is 6.88. The minimum absolute atomic E-state index is 0.146. The normalized spacial score (nSPS) is 9.74. The van der Waals surface area contributed by atoms with Crippen molar-refractivity contribution in [2.75, 3.05) is 10.6 Å². The van der Waals surface area contributed by atoms with Gasteiger partial charge in [0.2, 0.25) is 11.8 Å². The molecule has 0 bridgehead atoms. The third-order valence-corrected chi connectivity index (χ3v) is 3.48. The summed E-state index contributed by atoms with van der Waals surface area (Å²) < 4.78 is 0.961. The number of hydrogen-bond donors (Lipinski definition) is 2. The Labute approximate surface area is 142 Å². The molecule has 116 valence electrons. The lowest BCUT2D eigenvalue weighted by Gasteiger charge is -2.08. The Morgan fingerprint density at radius 3 is 2.22 bits per heavy atom. The largest absolute Gasteiger partial charge is 0.326 e. The van der Waals surface area contributed by atoms with Crippen LogP contribution in [0.25, 0.3) is 0 Å². The molecule has 0 atom stereocenters. The van der Waals surface area contributed by atoms with Crippen LogP contribution >= 0.6 is 15.9 Å². The fraction of sp³-hybridized carbons (Fsp3) is 0.118. The molecule has 2 N–H and O–H groups in total. The van der Waals surface area contributed by atoms with Gasteiger partial charge in [-0.1, -0.05) is 34.1 Å². The first-order valence-corrected chi connectivity index (χ1v) is 7.67. The molecule has 2 rings (SSSR count). The van der Waals surface area contributed by atoms with Crippen molar-refractivity contribution in [1.29, 1.82) is 5.26 Å². The summed E-state index contributed by atoms with van der Waals surface area (Å²) in [5.41, 5.74) is 2.03. The maximum absolute atomic E-state index is 12.0. The van der Waals surface area contributed by atoms with Gasteiger partial charge in [-0.3, -0.25) is 9.59 Å². The van der Waals surface area contributed by atoms with Crippen molar-refractivity contribution >= 4 is 39.1 Å². The van der Waals surface area contributed by atoms with E-state index in [1.54, 1.807) is 30.3 Å². The molecule has 0 spiro atoms. The van der Waals surface area contributed by atoms with Gasteiger partial charge in [-0.15, -0.1) is 0 Å². The van der Waals surface area contributed by atoms with Gasteiger partial charge in [0.1, 0.15) is 6.42 Å². The lowest BCUT2D eigenvalue weighted by atomic mass is 10.1. The highest BCUT2D eigenvalue weighted by atomic mass is 79.9. The van der Waals surface area contributed by atoms with Crippen molar-refractivity contribution in [2.45, 2.75) is 12.8 Å². The molecule has 0 saturated heterocycles. The third-order valence-electron chi connectivity index (χ3n) is 2.95. The topological polar surface area (TPSA) is 82.0 Å². The minimum Gasteiger partial charge on any atom is -0.326 e. The Balaban J connectivity index is 1.97. The van der Waals surface area contributed by atoms with Gasteiger partial charge in [0.15, 0.2) is 0 Å². The average molecular weight is 372 g/mol. The number of rotatable bonds is 5. The van der Waals surface area contributed by atoms with Crippen molar-refractivity contribution in [1.82, 2.24) is 0 Å². The molecule has 0 unspecified atom stereocenters. The zero-order chi connectivity index (χ0) is 16.7. The Bertz CT molecular complexity index is 751. The van der Waals surface area contributed by atoms with Crippen LogP contribution < -0.4 is 10.6 Å². The molecule has 6 heteroatoms. The number of carbonyl (C=O) groups excluding carboxylic acids is 2. The molecule has 0 aromatic heterocycles. The summed E-state index contributed by atoms with van der Waals surface area (Å²) in [5, 5.41) is 13.9. The van der Waals surface area contributed by atoms with Crippen LogP contribution in [0.15, 0.2) is 53.0 Å². The molecule has 2 amide bonds. The van der Waals surface area contributed by atoms with E-state index in [-0.39, 0.29) is 24.7 Å². The van der Waals surface area contributed by atoms with Gasteiger partial charge in [-0.05, 0) is 35.9 Å². The summed E-state index contributed by atoms with van der Waals surface area (Å²) >= 11 is 3.35. The number of halogens is 1. The fourth-order valence-corrected chi connectivity index (χ4v) is 2.21. The highest BCUT2D eigenvalue weighted by molar-refractivity contribution is 9.10. The summed E-state index contributed by atoms with van der Waals surface area (Å²) in [5.74, 6) is -0.529. The SMILES string of the molecule is N#CCC(=O)Nc1cccc(NC(=O)Cc2ccc(Br)cc2)c1. The van der Waals surface area contributed by atoms with E-state index < -0.39 is 0 Å². The Kier molecular flexibility index (Phi) is 5.89. The second-order valence-corrected chi connectivity index (χ2v) is 5.73. The lowest BCUT2D eigenvalue weighted by Crippen LogP contribution is -2.15. The van der Waals surface area contributed by atoms with Gasteiger partial charge in [0.25, 0.3) is 0 Å². The highest BCUT2D eigenvalue weighted by Gasteiger charge is 2.06. The first kappa shape index (κ1) is 16.7. The maximum atomic E-state index is 12.0. The number of nitriles is 1. The van der Waals surface area contributed by atoms with Gasteiger partial charge in [0, 0.05) is 15.8 Å². The van der Waals surface area contributed by atoms with E-state index in [1.807, 2.05) is 24.3 Å². The highest BCUT2D eigenvalue weighted by Crippen LogP contribution is 2.16. The maximum Gasteiger partial charge on any atom is 0.238 e. The second-order valence-electron chi connectivity index (χ2n) is 4.82. The molecule has 0 aliphatic rings. The minimum atomic E-state index is -0.383. The van der Waals surface area contributed by atoms with Gasteiger partial charge in [-0.25, -0.2) is 0 Å². The summed E-state index contributed by atoms with van der Waals surface area (Å²) in [4.78, 5) is 23.4. The number of anilines is 2. The number of benzene rings is 2. The molecule has 5 nitrogen and oxygen atoms in total. The van der Waals surface area contributed by atoms with Crippen molar-refractivity contribution in [3.05, 3.63) is 58.6 Å². The van der Waals surface area contributed by atoms with Crippen LogP contribution in [0.5, 0.6) is 0 Å². The number of hydrogen-bond acceptors (Lipinski definition) is 3. The molecule has 0 saturated carbocycles. The number of amides is 2. The van der Waals surface area contributed by atoms with Crippen LogP contribution in [0.1, 0.15) is 12.0 Å². The molecule has 0 fully saturated rings. The van der Waals surface area contributed by atoms with E-state index in [0.29, 0.717) is 11.4 Å². The standard InChI is InChI=1S/C17H14BrN3O2/c18-13-6-4-12(5-7-13)10-17(23)21-15-3-1-2-14(11-15)20-16(22)8-9-19/h1-7,11H,8,10H2,(H,20,22)(H,21,23). The lowest BCUT2D eigenvalue weighted by molar-refractivity contribution is -0.116. The van der Waals surface area contributed by atoms with Crippen LogP contribution in [0.2, 0.25) is 0 Å². The second kappa shape index (κ2) is 8.11. The Morgan fingerprint density at radius 1 is 1.00 bits per heavy atom. The van der Waals surface area contributed by atoms with Crippen molar-refractivity contribution < 1.29 is 9.59 Å². The van der Waals surface area contributed by atoms with Crippen LogP contribution in [0, 0.1) is 11.3 Å². The number of nitrogens with one attached hydrogen (secondary N) is 2. The van der Waals surface area contributed by atoms with Gasteiger partial charge >= 0.3 is 0 Å². The number of nitrogens with zero attached hydrogens (tertiary/aromatic N) is 1. The van der Waals surface area contributed by atoms with E-state index in [2.05, 4.69) is 26.6 Å². The van der Waals surface area contributed by atoms with Gasteiger partial charge in [0.05, 0.1) is 12.5 Å². The van der Waals surface area contributed by atoms with Crippen molar-refractivity contribution in [3.8, 4) is 6.07 Å².